The van der Waals surface area contributed by atoms with Crippen LogP contribution in [0.2, 0.25) is 5.02 Å². The van der Waals surface area contributed by atoms with Crippen molar-refractivity contribution in [2.45, 2.75) is 12.6 Å². The first-order valence-corrected chi connectivity index (χ1v) is 9.13. The van der Waals surface area contributed by atoms with Crippen molar-refractivity contribution in [1.29, 1.82) is 0 Å². The zero-order chi connectivity index (χ0) is 24.8. The Morgan fingerprint density at radius 3 is 2.36 bits per heavy atom. The fourth-order valence-electron chi connectivity index (χ4n) is 2.96. The van der Waals surface area contributed by atoms with Crippen molar-refractivity contribution in [2.75, 3.05) is 5.32 Å². The number of alkyl halides is 5. The Hall–Kier alpha value is -3.55. The molecule has 0 fully saturated rings. The van der Waals surface area contributed by atoms with Crippen molar-refractivity contribution >= 4 is 23.2 Å². The van der Waals surface area contributed by atoms with Gasteiger partial charge in [0.05, 0.1) is 22.0 Å². The number of carbonyl (C=O) groups excluding carboxylic acids is 1. The van der Waals surface area contributed by atoms with Gasteiger partial charge in [-0.15, -0.1) is 0 Å². The molecule has 2 aromatic heterocycles. The third-order valence-corrected chi connectivity index (χ3v) is 4.76. The van der Waals surface area contributed by atoms with Crippen molar-refractivity contribution in [3.8, 4) is 5.69 Å². The summed E-state index contributed by atoms with van der Waals surface area (Å²) < 4.78 is 81.0. The molecule has 15 heteroatoms. The Morgan fingerprint density at radius 1 is 1.15 bits per heavy atom. The number of anilines is 1. The van der Waals surface area contributed by atoms with Crippen LogP contribution in [0.25, 0.3) is 5.69 Å². The molecule has 3 rings (SSSR count). The second kappa shape index (κ2) is 8.42. The molecule has 0 aliphatic rings. The molecule has 0 aliphatic heterocycles. The van der Waals surface area contributed by atoms with Gasteiger partial charge < -0.3 is 5.32 Å². The van der Waals surface area contributed by atoms with Gasteiger partial charge in [0, 0.05) is 26.4 Å². The first-order chi connectivity index (χ1) is 15.2. The molecule has 0 saturated carbocycles. The normalized spacial score (nSPS) is 11.8. The number of hydrogen-bond donors (Lipinski definition) is 1. The molecule has 0 aliphatic carbocycles. The van der Waals surface area contributed by atoms with E-state index in [1.54, 1.807) is 0 Å². The van der Waals surface area contributed by atoms with E-state index in [9.17, 15) is 40.7 Å². The summed E-state index contributed by atoms with van der Waals surface area (Å²) in [6.07, 6.45) is -7.14. The molecule has 1 N–H and O–H groups in total. The summed E-state index contributed by atoms with van der Waals surface area (Å²) in [5, 5.41) is 5.16. The minimum Gasteiger partial charge on any atom is -0.320 e. The smallest absolute Gasteiger partial charge is 0.320 e. The van der Waals surface area contributed by atoms with Crippen LogP contribution < -0.4 is 16.6 Å². The molecule has 0 saturated heterocycles. The van der Waals surface area contributed by atoms with Gasteiger partial charge in [-0.25, -0.2) is 22.5 Å². The lowest BCUT2D eigenvalue weighted by molar-refractivity contribution is -0.144. The lowest BCUT2D eigenvalue weighted by Crippen LogP contribution is -2.41. The molecule has 176 valence electrons. The van der Waals surface area contributed by atoms with Crippen LogP contribution in [-0.4, -0.2) is 24.8 Å². The van der Waals surface area contributed by atoms with Crippen molar-refractivity contribution in [2.24, 2.45) is 14.1 Å². The maximum absolute atomic E-state index is 14.5. The molecule has 0 atom stereocenters. The summed E-state index contributed by atoms with van der Waals surface area (Å²) in [4.78, 5) is 37.1. The molecule has 1 aromatic carbocycles. The van der Waals surface area contributed by atoms with Crippen molar-refractivity contribution in [1.82, 2.24) is 18.9 Å². The van der Waals surface area contributed by atoms with Crippen molar-refractivity contribution < 1.29 is 31.1 Å². The van der Waals surface area contributed by atoms with Crippen molar-refractivity contribution in [3.63, 3.8) is 0 Å². The van der Waals surface area contributed by atoms with Gasteiger partial charge in [-0.05, 0) is 12.1 Å². The van der Waals surface area contributed by atoms with E-state index < -0.39 is 68.9 Å². The van der Waals surface area contributed by atoms with Gasteiger partial charge in [0.2, 0.25) is 0 Å². The number of aryl methyl sites for hydroxylation is 1. The van der Waals surface area contributed by atoms with Crippen LogP contribution >= 0.6 is 11.6 Å². The fourth-order valence-corrected chi connectivity index (χ4v) is 3.15. The van der Waals surface area contributed by atoms with E-state index in [1.165, 1.54) is 7.05 Å². The molecule has 2 heterocycles. The fraction of sp³-hybridized carbons (Fsp3) is 0.222. The molecule has 0 spiro atoms. The number of hydrogen-bond acceptors (Lipinski definition) is 4. The summed E-state index contributed by atoms with van der Waals surface area (Å²) in [5.41, 5.74) is -7.20. The molecule has 0 radical (unpaired) electrons. The van der Waals surface area contributed by atoms with Gasteiger partial charge in [-0.3, -0.25) is 18.8 Å². The van der Waals surface area contributed by atoms with E-state index in [0.29, 0.717) is 12.1 Å². The zero-order valence-corrected chi connectivity index (χ0v) is 17.3. The Bertz CT molecular complexity index is 1380. The SMILES string of the molecule is Cn1cc(C(=O)Nc2cc(-n3c(=O)cc(C(F)(F)F)n(C)c3=O)c(F)cc2Cl)c(C(F)F)n1. The highest BCUT2D eigenvalue weighted by Crippen LogP contribution is 2.30. The summed E-state index contributed by atoms with van der Waals surface area (Å²) in [6.45, 7) is 0. The summed E-state index contributed by atoms with van der Waals surface area (Å²) in [5.74, 6) is -2.39. The lowest BCUT2D eigenvalue weighted by atomic mass is 10.2. The van der Waals surface area contributed by atoms with Gasteiger partial charge in [-0.1, -0.05) is 11.6 Å². The quantitative estimate of drug-likeness (QED) is 0.563. The highest BCUT2D eigenvalue weighted by Gasteiger charge is 2.35. The van der Waals surface area contributed by atoms with Crippen LogP contribution in [0.4, 0.5) is 32.0 Å². The van der Waals surface area contributed by atoms with Crippen LogP contribution in [0.3, 0.4) is 0 Å². The Kier molecular flexibility index (Phi) is 6.15. The third-order valence-electron chi connectivity index (χ3n) is 4.44. The Balaban J connectivity index is 2.12. The van der Waals surface area contributed by atoms with Crippen LogP contribution in [-0.2, 0) is 20.3 Å². The second-order valence-electron chi connectivity index (χ2n) is 6.68. The molecule has 1 amide bonds. The largest absolute Gasteiger partial charge is 0.431 e. The Morgan fingerprint density at radius 2 is 1.79 bits per heavy atom. The van der Waals surface area contributed by atoms with E-state index in [2.05, 4.69) is 10.4 Å². The van der Waals surface area contributed by atoms with E-state index in [0.717, 1.165) is 17.9 Å². The minimum atomic E-state index is -5.03. The molecule has 3 aromatic rings. The number of aromatic nitrogens is 4. The predicted octanol–water partition coefficient (Wildman–Crippen LogP) is 3.27. The van der Waals surface area contributed by atoms with E-state index in [-0.39, 0.29) is 15.2 Å². The van der Waals surface area contributed by atoms with Crippen LogP contribution in [0.1, 0.15) is 28.2 Å². The van der Waals surface area contributed by atoms with E-state index in [1.807, 2.05) is 0 Å². The summed E-state index contributed by atoms with van der Waals surface area (Å²) in [6, 6.07) is 1.40. The highest BCUT2D eigenvalue weighted by molar-refractivity contribution is 6.34. The van der Waals surface area contributed by atoms with Gasteiger partial charge >= 0.3 is 11.9 Å². The monoisotopic (exact) mass is 495 g/mol. The third kappa shape index (κ3) is 4.51. The zero-order valence-electron chi connectivity index (χ0n) is 16.5. The number of amides is 1. The number of carbonyl (C=O) groups is 1. The van der Waals surface area contributed by atoms with Gasteiger partial charge in [-0.2, -0.15) is 18.3 Å². The van der Waals surface area contributed by atoms with Crippen LogP contribution in [0.15, 0.2) is 34.0 Å². The van der Waals surface area contributed by atoms with Gasteiger partial charge in [0.25, 0.3) is 17.9 Å². The highest BCUT2D eigenvalue weighted by atomic mass is 35.5. The maximum Gasteiger partial charge on any atom is 0.431 e. The van der Waals surface area contributed by atoms with Gasteiger partial charge in [0.1, 0.15) is 17.2 Å². The van der Waals surface area contributed by atoms with Crippen LogP contribution in [0, 0.1) is 5.82 Å². The van der Waals surface area contributed by atoms with Crippen LogP contribution in [0.5, 0.6) is 0 Å². The molecular weight excluding hydrogens is 484 g/mol. The molecule has 8 nitrogen and oxygen atoms in total. The number of rotatable bonds is 4. The topological polar surface area (TPSA) is 90.9 Å². The van der Waals surface area contributed by atoms with E-state index in [4.69, 9.17) is 11.6 Å². The second-order valence-corrected chi connectivity index (χ2v) is 7.09. The predicted molar refractivity (Wildman–Crippen MR) is 103 cm³/mol. The molecule has 33 heavy (non-hydrogen) atoms. The standard InChI is InChI=1S/C18H12ClF6N5O3/c1-28-6-7(14(27-28)15(21)22)16(32)26-10-4-11(9(20)3-8(10)19)30-13(31)5-12(18(23,24)25)29(2)17(30)33/h3-6,15H,1-2H3,(H,26,32). The lowest BCUT2D eigenvalue weighted by Gasteiger charge is -2.15. The van der Waals surface area contributed by atoms with E-state index >= 15 is 0 Å². The minimum absolute atomic E-state index is 0.0955. The number of nitrogens with zero attached hydrogens (tertiary/aromatic N) is 4. The van der Waals surface area contributed by atoms with Gasteiger partial charge in [0.15, 0.2) is 0 Å². The molecule has 0 bridgehead atoms. The number of benzene rings is 1. The van der Waals surface area contributed by atoms with Crippen molar-refractivity contribution in [3.05, 3.63) is 73.0 Å². The maximum atomic E-state index is 14.5. The number of halogens is 7. The molecular formula is C18H12ClF6N5O3. The summed E-state index contributed by atoms with van der Waals surface area (Å²) >= 11 is 5.88. The first kappa shape index (κ1) is 24.1. The average Bonchev–Trinajstić information content (AvgIpc) is 3.09. The Labute approximate surface area is 184 Å². The average molecular weight is 496 g/mol. The summed E-state index contributed by atoms with van der Waals surface area (Å²) in [7, 11) is 2.02. The molecule has 0 unspecified atom stereocenters. The first-order valence-electron chi connectivity index (χ1n) is 8.75. The number of nitrogens with one attached hydrogen (secondary N) is 1.